The molecule has 0 radical (unpaired) electrons. The van der Waals surface area contributed by atoms with Crippen LogP contribution in [0, 0.1) is 0 Å². The highest BCUT2D eigenvalue weighted by Crippen LogP contribution is 2.23. The van der Waals surface area contributed by atoms with Gasteiger partial charge in [-0.05, 0) is 61.0 Å². The van der Waals surface area contributed by atoms with Crippen molar-refractivity contribution in [2.75, 3.05) is 10.6 Å². The highest BCUT2D eigenvalue weighted by molar-refractivity contribution is 7.80. The summed E-state index contributed by atoms with van der Waals surface area (Å²) in [6.07, 6.45) is 0. The highest BCUT2D eigenvalue weighted by atomic mass is 32.1. The number of para-hydroxylation sites is 1. The van der Waals surface area contributed by atoms with Crippen molar-refractivity contribution in [3.63, 3.8) is 0 Å². The van der Waals surface area contributed by atoms with Crippen LogP contribution in [-0.4, -0.2) is 10.9 Å². The normalized spacial score (nSPS) is 10.4. The van der Waals surface area contributed by atoms with E-state index in [0.717, 1.165) is 11.4 Å². The average Bonchev–Trinajstić information content (AvgIpc) is 2.48. The maximum absolute atomic E-state index is 11.3. The van der Waals surface area contributed by atoms with E-state index in [4.69, 9.17) is 12.2 Å². The molecule has 114 valence electrons. The smallest absolute Gasteiger partial charge is 0.175 e. The minimum absolute atomic E-state index is 0.0538. The number of Topliss-reactive ketones (excluding diaryl/α,β-unsaturated/α-hetero) is 1. The molecule has 3 nitrogen and oxygen atoms in total. The van der Waals surface area contributed by atoms with Gasteiger partial charge in [-0.15, -0.1) is 0 Å². The van der Waals surface area contributed by atoms with Crippen LogP contribution in [0.1, 0.15) is 42.6 Å². The molecule has 2 aromatic rings. The predicted octanol–water partition coefficient (Wildman–Crippen LogP) is 4.82. The highest BCUT2D eigenvalue weighted by Gasteiger charge is 2.07. The Kier molecular flexibility index (Phi) is 5.28. The third-order valence-electron chi connectivity index (χ3n) is 3.38. The molecule has 4 heteroatoms. The third kappa shape index (κ3) is 4.15. The monoisotopic (exact) mass is 312 g/mol. The SMILES string of the molecule is CC(=O)c1ccc(NC(=S)Nc2ccccc2C(C)C)cc1. The Morgan fingerprint density at radius 2 is 1.64 bits per heavy atom. The Morgan fingerprint density at radius 1 is 1.00 bits per heavy atom. The van der Waals surface area contributed by atoms with Crippen molar-refractivity contribution in [2.24, 2.45) is 0 Å². The quantitative estimate of drug-likeness (QED) is 0.627. The molecule has 0 aromatic heterocycles. The van der Waals surface area contributed by atoms with E-state index in [1.807, 2.05) is 30.3 Å². The van der Waals surface area contributed by atoms with Gasteiger partial charge in [0, 0.05) is 16.9 Å². The minimum atomic E-state index is 0.0538. The van der Waals surface area contributed by atoms with Gasteiger partial charge < -0.3 is 10.6 Å². The number of rotatable bonds is 4. The fourth-order valence-electron chi connectivity index (χ4n) is 2.19. The lowest BCUT2D eigenvalue weighted by Crippen LogP contribution is -2.20. The van der Waals surface area contributed by atoms with Crippen molar-refractivity contribution in [2.45, 2.75) is 26.7 Å². The van der Waals surface area contributed by atoms with Crippen LogP contribution in [0.15, 0.2) is 48.5 Å². The van der Waals surface area contributed by atoms with E-state index in [1.54, 1.807) is 19.1 Å². The molecule has 0 aliphatic heterocycles. The maximum Gasteiger partial charge on any atom is 0.175 e. The second-order valence-corrected chi connectivity index (χ2v) is 5.86. The number of carbonyl (C=O) groups is 1. The van der Waals surface area contributed by atoms with Gasteiger partial charge in [-0.2, -0.15) is 0 Å². The molecule has 0 atom stereocenters. The number of nitrogens with one attached hydrogen (secondary N) is 2. The largest absolute Gasteiger partial charge is 0.332 e. The molecule has 0 heterocycles. The average molecular weight is 312 g/mol. The molecule has 2 N–H and O–H groups in total. The zero-order chi connectivity index (χ0) is 16.1. The van der Waals surface area contributed by atoms with Crippen LogP contribution in [0.2, 0.25) is 0 Å². The molecule has 0 aliphatic rings. The lowest BCUT2D eigenvalue weighted by Gasteiger charge is -2.16. The number of hydrogen-bond acceptors (Lipinski definition) is 2. The number of anilines is 2. The lowest BCUT2D eigenvalue weighted by atomic mass is 10.0. The summed E-state index contributed by atoms with van der Waals surface area (Å²) in [4.78, 5) is 11.3. The fraction of sp³-hybridized carbons (Fsp3) is 0.222. The summed E-state index contributed by atoms with van der Waals surface area (Å²) < 4.78 is 0. The molecular weight excluding hydrogens is 292 g/mol. The summed E-state index contributed by atoms with van der Waals surface area (Å²) in [6.45, 7) is 5.85. The predicted molar refractivity (Wildman–Crippen MR) is 96.8 cm³/mol. The third-order valence-corrected chi connectivity index (χ3v) is 3.58. The van der Waals surface area contributed by atoms with Crippen molar-refractivity contribution in [3.05, 3.63) is 59.7 Å². The second-order valence-electron chi connectivity index (χ2n) is 5.45. The summed E-state index contributed by atoms with van der Waals surface area (Å²) in [5.41, 5.74) is 3.77. The van der Waals surface area contributed by atoms with Gasteiger partial charge in [0.15, 0.2) is 10.9 Å². The topological polar surface area (TPSA) is 41.1 Å². The molecule has 0 saturated heterocycles. The van der Waals surface area contributed by atoms with Crippen LogP contribution in [-0.2, 0) is 0 Å². The Labute approximate surface area is 136 Å². The fourth-order valence-corrected chi connectivity index (χ4v) is 2.42. The maximum atomic E-state index is 11.3. The minimum Gasteiger partial charge on any atom is -0.332 e. The van der Waals surface area contributed by atoms with Gasteiger partial charge in [0.05, 0.1) is 0 Å². The van der Waals surface area contributed by atoms with Gasteiger partial charge >= 0.3 is 0 Å². The van der Waals surface area contributed by atoms with Crippen molar-refractivity contribution in [1.29, 1.82) is 0 Å². The van der Waals surface area contributed by atoms with Gasteiger partial charge in [0.25, 0.3) is 0 Å². The van der Waals surface area contributed by atoms with Crippen LogP contribution in [0.3, 0.4) is 0 Å². The first-order valence-corrected chi connectivity index (χ1v) is 7.66. The van der Waals surface area contributed by atoms with E-state index < -0.39 is 0 Å². The Hall–Kier alpha value is -2.20. The zero-order valence-corrected chi connectivity index (χ0v) is 13.8. The summed E-state index contributed by atoms with van der Waals surface area (Å²) in [5.74, 6) is 0.472. The standard InChI is InChI=1S/C18H20N2OS/c1-12(2)16-6-4-5-7-17(16)20-18(22)19-15-10-8-14(9-11-15)13(3)21/h4-12H,1-3H3,(H2,19,20,22). The van der Waals surface area contributed by atoms with Gasteiger partial charge in [-0.25, -0.2) is 0 Å². The summed E-state index contributed by atoms with van der Waals surface area (Å²) in [7, 11) is 0. The lowest BCUT2D eigenvalue weighted by molar-refractivity contribution is 0.101. The molecule has 0 saturated carbocycles. The van der Waals surface area contributed by atoms with Crippen LogP contribution in [0.4, 0.5) is 11.4 Å². The van der Waals surface area contributed by atoms with E-state index in [9.17, 15) is 4.79 Å². The molecule has 0 bridgehead atoms. The van der Waals surface area contributed by atoms with E-state index in [2.05, 4.69) is 30.5 Å². The van der Waals surface area contributed by atoms with Crippen molar-refractivity contribution < 1.29 is 4.79 Å². The summed E-state index contributed by atoms with van der Waals surface area (Å²) >= 11 is 5.36. The molecule has 0 spiro atoms. The first-order valence-electron chi connectivity index (χ1n) is 7.25. The molecule has 22 heavy (non-hydrogen) atoms. The number of carbonyl (C=O) groups excluding carboxylic acids is 1. The van der Waals surface area contributed by atoms with Crippen molar-refractivity contribution >= 4 is 34.5 Å². The van der Waals surface area contributed by atoms with Gasteiger partial charge in [0.1, 0.15) is 0 Å². The molecule has 0 aliphatic carbocycles. The van der Waals surface area contributed by atoms with E-state index in [-0.39, 0.29) is 5.78 Å². The summed E-state index contributed by atoms with van der Waals surface area (Å²) in [5, 5.41) is 6.89. The zero-order valence-electron chi connectivity index (χ0n) is 13.0. The molecular formula is C18H20N2OS. The van der Waals surface area contributed by atoms with Crippen molar-refractivity contribution in [3.8, 4) is 0 Å². The van der Waals surface area contributed by atoms with E-state index >= 15 is 0 Å². The van der Waals surface area contributed by atoms with E-state index in [0.29, 0.717) is 16.6 Å². The number of hydrogen-bond donors (Lipinski definition) is 2. The molecule has 2 rings (SSSR count). The number of thiocarbonyl (C=S) groups is 1. The van der Waals surface area contributed by atoms with Crippen LogP contribution >= 0.6 is 12.2 Å². The first kappa shape index (κ1) is 16.2. The van der Waals surface area contributed by atoms with Gasteiger partial charge in [0.2, 0.25) is 0 Å². The Bertz CT molecular complexity index is 678. The van der Waals surface area contributed by atoms with Crippen LogP contribution in [0.5, 0.6) is 0 Å². The number of benzene rings is 2. The van der Waals surface area contributed by atoms with Crippen LogP contribution in [0.25, 0.3) is 0 Å². The van der Waals surface area contributed by atoms with E-state index in [1.165, 1.54) is 5.56 Å². The molecule has 0 fully saturated rings. The molecule has 2 aromatic carbocycles. The molecule has 0 unspecified atom stereocenters. The van der Waals surface area contributed by atoms with Gasteiger partial charge in [-0.3, -0.25) is 4.79 Å². The molecule has 0 amide bonds. The second kappa shape index (κ2) is 7.18. The van der Waals surface area contributed by atoms with Gasteiger partial charge in [-0.1, -0.05) is 32.0 Å². The Balaban J connectivity index is 2.06. The Morgan fingerprint density at radius 3 is 2.23 bits per heavy atom. The summed E-state index contributed by atoms with van der Waals surface area (Å²) in [6, 6.07) is 15.4. The number of ketones is 1. The van der Waals surface area contributed by atoms with Crippen LogP contribution < -0.4 is 10.6 Å². The van der Waals surface area contributed by atoms with Crippen molar-refractivity contribution in [1.82, 2.24) is 0 Å². The first-order chi connectivity index (χ1) is 10.5.